The molecule has 0 saturated heterocycles. The number of benzene rings is 2. The second-order valence-corrected chi connectivity index (χ2v) is 4.97. The lowest BCUT2D eigenvalue weighted by atomic mass is 9.95. The minimum atomic E-state index is 0.0565. The summed E-state index contributed by atoms with van der Waals surface area (Å²) in [5, 5.41) is 3.33. The zero-order valence-corrected chi connectivity index (χ0v) is 11.5. The number of ketones is 1. The third-order valence-electron chi connectivity index (χ3n) is 3.71. The Morgan fingerprint density at radius 3 is 2.55 bits per heavy atom. The molecule has 1 N–H and O–H groups in total. The molecular formula is C17H17NO2. The van der Waals surface area contributed by atoms with Crippen molar-refractivity contribution >= 4 is 5.78 Å². The first-order valence-corrected chi connectivity index (χ1v) is 6.79. The van der Waals surface area contributed by atoms with Crippen LogP contribution in [0.15, 0.2) is 42.5 Å². The number of methoxy groups -OCH3 is 1. The molecule has 2 aromatic carbocycles. The molecule has 3 heteroatoms. The van der Waals surface area contributed by atoms with E-state index < -0.39 is 0 Å². The molecule has 0 amide bonds. The van der Waals surface area contributed by atoms with Gasteiger partial charge in [0.05, 0.1) is 7.11 Å². The summed E-state index contributed by atoms with van der Waals surface area (Å²) in [5.74, 6) is 0.817. The number of carbonyl (C=O) groups excluding carboxylic acids is 1. The molecule has 3 nitrogen and oxygen atoms in total. The Balaban J connectivity index is 1.89. The number of ether oxygens (including phenoxy) is 1. The monoisotopic (exact) mass is 267 g/mol. The fourth-order valence-corrected chi connectivity index (χ4v) is 2.53. The molecule has 0 spiro atoms. The highest BCUT2D eigenvalue weighted by Gasteiger charge is 2.13. The Morgan fingerprint density at radius 1 is 1.05 bits per heavy atom. The van der Waals surface area contributed by atoms with Crippen molar-refractivity contribution in [2.45, 2.75) is 13.0 Å². The lowest BCUT2D eigenvalue weighted by molar-refractivity contribution is 0.103. The van der Waals surface area contributed by atoms with Gasteiger partial charge in [-0.2, -0.15) is 0 Å². The molecule has 1 aliphatic rings. The largest absolute Gasteiger partial charge is 0.497 e. The van der Waals surface area contributed by atoms with Crippen LogP contribution < -0.4 is 10.1 Å². The molecule has 102 valence electrons. The van der Waals surface area contributed by atoms with E-state index in [-0.39, 0.29) is 5.78 Å². The van der Waals surface area contributed by atoms with E-state index in [2.05, 4.69) is 11.4 Å². The van der Waals surface area contributed by atoms with Crippen molar-refractivity contribution < 1.29 is 9.53 Å². The van der Waals surface area contributed by atoms with E-state index in [1.54, 1.807) is 19.2 Å². The zero-order valence-electron chi connectivity index (χ0n) is 11.5. The SMILES string of the molecule is COc1ccc(C(=O)c2ccc3c(c2)CNCC3)cc1. The van der Waals surface area contributed by atoms with E-state index in [4.69, 9.17) is 4.74 Å². The highest BCUT2D eigenvalue weighted by Crippen LogP contribution is 2.19. The average Bonchev–Trinajstić information content (AvgIpc) is 2.54. The van der Waals surface area contributed by atoms with Crippen LogP contribution in [-0.4, -0.2) is 19.4 Å². The van der Waals surface area contributed by atoms with Gasteiger partial charge in [0.15, 0.2) is 5.78 Å². The van der Waals surface area contributed by atoms with Crippen LogP contribution in [0.1, 0.15) is 27.0 Å². The van der Waals surface area contributed by atoms with Gasteiger partial charge in [0, 0.05) is 17.7 Å². The van der Waals surface area contributed by atoms with Crippen molar-refractivity contribution in [3.63, 3.8) is 0 Å². The standard InChI is InChI=1S/C17H17NO2/c1-20-16-6-4-13(5-7-16)17(19)14-3-2-12-8-9-18-11-15(12)10-14/h2-7,10,18H,8-9,11H2,1H3. The van der Waals surface area contributed by atoms with Gasteiger partial charge in [-0.1, -0.05) is 12.1 Å². The van der Waals surface area contributed by atoms with Gasteiger partial charge >= 0.3 is 0 Å². The summed E-state index contributed by atoms with van der Waals surface area (Å²) in [6, 6.07) is 13.2. The Bertz CT molecular complexity index is 632. The maximum Gasteiger partial charge on any atom is 0.193 e. The molecular weight excluding hydrogens is 250 g/mol. The molecule has 0 bridgehead atoms. The third-order valence-corrected chi connectivity index (χ3v) is 3.71. The first kappa shape index (κ1) is 12.9. The van der Waals surface area contributed by atoms with Gasteiger partial charge < -0.3 is 10.1 Å². The molecule has 0 fully saturated rings. The Labute approximate surface area is 118 Å². The van der Waals surface area contributed by atoms with Crippen LogP contribution in [0.4, 0.5) is 0 Å². The van der Waals surface area contributed by atoms with Crippen LogP contribution in [0.5, 0.6) is 5.75 Å². The second-order valence-electron chi connectivity index (χ2n) is 4.97. The summed E-state index contributed by atoms with van der Waals surface area (Å²) in [6.07, 6.45) is 1.03. The maximum atomic E-state index is 12.5. The van der Waals surface area contributed by atoms with Crippen molar-refractivity contribution in [1.29, 1.82) is 0 Å². The number of nitrogens with one attached hydrogen (secondary N) is 1. The van der Waals surface area contributed by atoms with Crippen molar-refractivity contribution in [3.8, 4) is 5.75 Å². The summed E-state index contributed by atoms with van der Waals surface area (Å²) in [6.45, 7) is 1.86. The van der Waals surface area contributed by atoms with Crippen molar-refractivity contribution in [3.05, 3.63) is 64.7 Å². The molecule has 0 radical (unpaired) electrons. The van der Waals surface area contributed by atoms with E-state index in [1.165, 1.54) is 11.1 Å². The predicted molar refractivity (Wildman–Crippen MR) is 78.3 cm³/mol. The zero-order chi connectivity index (χ0) is 13.9. The van der Waals surface area contributed by atoms with Crippen molar-refractivity contribution in [1.82, 2.24) is 5.32 Å². The Morgan fingerprint density at radius 2 is 1.80 bits per heavy atom. The maximum absolute atomic E-state index is 12.5. The van der Waals surface area contributed by atoms with Crippen LogP contribution in [-0.2, 0) is 13.0 Å². The summed E-state index contributed by atoms with van der Waals surface area (Å²) in [4.78, 5) is 12.5. The summed E-state index contributed by atoms with van der Waals surface area (Å²) < 4.78 is 5.11. The number of hydrogen-bond acceptors (Lipinski definition) is 3. The highest BCUT2D eigenvalue weighted by atomic mass is 16.5. The van der Waals surface area contributed by atoms with Crippen LogP contribution in [0, 0.1) is 0 Å². The fourth-order valence-electron chi connectivity index (χ4n) is 2.53. The van der Waals surface area contributed by atoms with E-state index in [0.717, 1.165) is 30.8 Å². The number of rotatable bonds is 3. The fraction of sp³-hybridized carbons (Fsp3) is 0.235. The first-order valence-electron chi connectivity index (χ1n) is 6.79. The van der Waals surface area contributed by atoms with E-state index in [9.17, 15) is 4.79 Å². The Hall–Kier alpha value is -2.13. The molecule has 3 rings (SSSR count). The van der Waals surface area contributed by atoms with Gasteiger partial charge in [0.2, 0.25) is 0 Å². The summed E-state index contributed by atoms with van der Waals surface area (Å²) in [7, 11) is 1.62. The van der Waals surface area contributed by atoms with Crippen molar-refractivity contribution in [2.75, 3.05) is 13.7 Å². The van der Waals surface area contributed by atoms with Crippen LogP contribution >= 0.6 is 0 Å². The highest BCUT2D eigenvalue weighted by molar-refractivity contribution is 6.09. The molecule has 0 aliphatic carbocycles. The molecule has 0 saturated carbocycles. The van der Waals surface area contributed by atoms with Gasteiger partial charge in [-0.15, -0.1) is 0 Å². The first-order chi connectivity index (χ1) is 9.78. The van der Waals surface area contributed by atoms with Gasteiger partial charge in [-0.3, -0.25) is 4.79 Å². The Kier molecular flexibility index (Phi) is 3.52. The van der Waals surface area contributed by atoms with Gasteiger partial charge in [-0.05, 0) is 54.4 Å². The smallest absolute Gasteiger partial charge is 0.193 e. The van der Waals surface area contributed by atoms with Gasteiger partial charge in [-0.25, -0.2) is 0 Å². The van der Waals surface area contributed by atoms with Crippen LogP contribution in [0.3, 0.4) is 0 Å². The van der Waals surface area contributed by atoms with Gasteiger partial charge in [0.1, 0.15) is 5.75 Å². The molecule has 2 aromatic rings. The number of hydrogen-bond donors (Lipinski definition) is 1. The normalized spacial score (nSPS) is 13.7. The molecule has 1 aliphatic heterocycles. The molecule has 0 unspecified atom stereocenters. The van der Waals surface area contributed by atoms with E-state index in [0.29, 0.717) is 5.56 Å². The molecule has 20 heavy (non-hydrogen) atoms. The minimum absolute atomic E-state index is 0.0565. The topological polar surface area (TPSA) is 38.3 Å². The lowest BCUT2D eigenvalue weighted by Gasteiger charge is -2.17. The lowest BCUT2D eigenvalue weighted by Crippen LogP contribution is -2.23. The van der Waals surface area contributed by atoms with E-state index in [1.807, 2.05) is 24.3 Å². The molecule has 1 heterocycles. The second kappa shape index (κ2) is 5.47. The minimum Gasteiger partial charge on any atom is -0.497 e. The number of carbonyl (C=O) groups is 1. The third kappa shape index (κ3) is 2.45. The quantitative estimate of drug-likeness (QED) is 0.869. The number of fused-ring (bicyclic) bond motifs is 1. The van der Waals surface area contributed by atoms with Gasteiger partial charge in [0.25, 0.3) is 0 Å². The van der Waals surface area contributed by atoms with Crippen LogP contribution in [0.25, 0.3) is 0 Å². The molecule has 0 atom stereocenters. The summed E-state index contributed by atoms with van der Waals surface area (Å²) in [5.41, 5.74) is 4.01. The predicted octanol–water partition coefficient (Wildman–Crippen LogP) is 2.57. The van der Waals surface area contributed by atoms with Crippen LogP contribution in [0.2, 0.25) is 0 Å². The summed E-state index contributed by atoms with van der Waals surface area (Å²) >= 11 is 0. The molecule has 0 aromatic heterocycles. The van der Waals surface area contributed by atoms with Crippen molar-refractivity contribution in [2.24, 2.45) is 0 Å². The van der Waals surface area contributed by atoms with E-state index >= 15 is 0 Å². The average molecular weight is 267 g/mol.